The van der Waals surface area contributed by atoms with Crippen LogP contribution in [-0.4, -0.2) is 37.2 Å². The summed E-state index contributed by atoms with van der Waals surface area (Å²) in [6, 6.07) is 0. The summed E-state index contributed by atoms with van der Waals surface area (Å²) in [4.78, 5) is 37.9. The molecule has 0 aromatic carbocycles. The standard InChI is InChI=1S/C64H100O6/c1-4-7-10-13-16-19-21-23-25-27-28-29-30-31-32-33-34-35-36-38-39-41-43-45-48-51-54-57-63(66)69-60-61(59-68-62(65)56-53-50-47-18-15-12-9-6-3)70-64(67)58-55-52-49-46-44-42-40-37-26-24-22-20-17-14-11-8-5-2/h7-8,10-11,16-17,19-20,23-26,28-29,31-32,34-35,38-40,42-43,45,61H,4-6,9,12-15,18,21-22,27,30,33,36-37,41,44,46-60H2,1-3H3/b10-7-,11-8-,19-16-,20-17-,25-23-,26-24-,29-28-,32-31-,35-34-,39-38-,42-40-,45-43-. The van der Waals surface area contributed by atoms with Crippen LogP contribution in [0.2, 0.25) is 0 Å². The van der Waals surface area contributed by atoms with Crippen molar-refractivity contribution < 1.29 is 28.6 Å². The first-order valence-electron chi connectivity index (χ1n) is 27.8. The summed E-state index contributed by atoms with van der Waals surface area (Å²) in [5, 5.41) is 0. The molecule has 0 heterocycles. The number of hydrogen-bond donors (Lipinski definition) is 0. The number of ether oxygens (including phenoxy) is 3. The van der Waals surface area contributed by atoms with Crippen LogP contribution in [0.4, 0.5) is 0 Å². The van der Waals surface area contributed by atoms with Gasteiger partial charge in [-0.1, -0.05) is 224 Å². The summed E-state index contributed by atoms with van der Waals surface area (Å²) in [5.41, 5.74) is 0. The van der Waals surface area contributed by atoms with Gasteiger partial charge in [0.15, 0.2) is 6.10 Å². The van der Waals surface area contributed by atoms with Gasteiger partial charge in [-0.25, -0.2) is 0 Å². The van der Waals surface area contributed by atoms with Crippen molar-refractivity contribution in [1.29, 1.82) is 0 Å². The molecule has 0 fully saturated rings. The Morgan fingerprint density at radius 3 is 0.900 bits per heavy atom. The lowest BCUT2D eigenvalue weighted by atomic mass is 10.1. The van der Waals surface area contributed by atoms with Crippen LogP contribution in [0, 0.1) is 0 Å². The Bertz CT molecular complexity index is 1580. The van der Waals surface area contributed by atoms with Gasteiger partial charge in [0.1, 0.15) is 13.2 Å². The average molecular weight is 965 g/mol. The molecule has 0 bridgehead atoms. The molecule has 0 aliphatic heterocycles. The molecule has 0 saturated heterocycles. The van der Waals surface area contributed by atoms with Gasteiger partial charge >= 0.3 is 17.9 Å². The van der Waals surface area contributed by atoms with Crippen molar-refractivity contribution in [2.45, 2.75) is 226 Å². The van der Waals surface area contributed by atoms with Crippen LogP contribution < -0.4 is 0 Å². The van der Waals surface area contributed by atoms with Crippen LogP contribution in [0.25, 0.3) is 0 Å². The molecule has 0 amide bonds. The number of esters is 3. The van der Waals surface area contributed by atoms with Gasteiger partial charge < -0.3 is 14.2 Å². The number of allylic oxidation sites excluding steroid dienone is 24. The van der Waals surface area contributed by atoms with E-state index in [1.807, 2.05) is 0 Å². The first-order chi connectivity index (χ1) is 34.5. The predicted molar refractivity (Wildman–Crippen MR) is 302 cm³/mol. The highest BCUT2D eigenvalue weighted by molar-refractivity contribution is 5.71. The fourth-order valence-corrected chi connectivity index (χ4v) is 6.98. The van der Waals surface area contributed by atoms with E-state index in [9.17, 15) is 14.4 Å². The molecule has 0 aliphatic rings. The third-order valence-electron chi connectivity index (χ3n) is 11.1. The second-order valence-corrected chi connectivity index (χ2v) is 17.7. The zero-order valence-corrected chi connectivity index (χ0v) is 44.7. The van der Waals surface area contributed by atoms with Crippen LogP contribution in [0.1, 0.15) is 220 Å². The topological polar surface area (TPSA) is 78.9 Å². The van der Waals surface area contributed by atoms with Crippen LogP contribution in [0.15, 0.2) is 146 Å². The Labute approximate surface area is 429 Å². The highest BCUT2D eigenvalue weighted by Crippen LogP contribution is 2.12. The van der Waals surface area contributed by atoms with Crippen molar-refractivity contribution in [2.24, 2.45) is 0 Å². The van der Waals surface area contributed by atoms with Gasteiger partial charge in [0.05, 0.1) is 0 Å². The molecular weight excluding hydrogens is 865 g/mol. The Morgan fingerprint density at radius 1 is 0.300 bits per heavy atom. The van der Waals surface area contributed by atoms with Crippen molar-refractivity contribution in [3.8, 4) is 0 Å². The van der Waals surface area contributed by atoms with Gasteiger partial charge in [-0.05, 0) is 122 Å². The van der Waals surface area contributed by atoms with E-state index in [0.29, 0.717) is 19.3 Å². The molecule has 0 rings (SSSR count). The van der Waals surface area contributed by atoms with Crippen LogP contribution in [0.3, 0.4) is 0 Å². The summed E-state index contributed by atoms with van der Waals surface area (Å²) in [7, 11) is 0. The summed E-state index contributed by atoms with van der Waals surface area (Å²) in [6.45, 7) is 6.30. The minimum atomic E-state index is -0.813. The molecule has 6 nitrogen and oxygen atoms in total. The first kappa shape index (κ1) is 65.3. The molecule has 1 atom stereocenters. The summed E-state index contributed by atoms with van der Waals surface area (Å²) < 4.78 is 16.7. The summed E-state index contributed by atoms with van der Waals surface area (Å²) >= 11 is 0. The Hall–Kier alpha value is -4.71. The van der Waals surface area contributed by atoms with E-state index in [-0.39, 0.29) is 37.5 Å². The van der Waals surface area contributed by atoms with E-state index in [1.54, 1.807) is 0 Å². The largest absolute Gasteiger partial charge is 0.462 e. The van der Waals surface area contributed by atoms with Crippen molar-refractivity contribution in [3.63, 3.8) is 0 Å². The Balaban J connectivity index is 4.40. The lowest BCUT2D eigenvalue weighted by Gasteiger charge is -2.18. The van der Waals surface area contributed by atoms with Crippen molar-refractivity contribution in [2.75, 3.05) is 13.2 Å². The number of rotatable bonds is 48. The molecule has 0 aromatic heterocycles. The molecule has 0 aromatic rings. The molecular formula is C64H100O6. The van der Waals surface area contributed by atoms with Crippen molar-refractivity contribution in [3.05, 3.63) is 146 Å². The summed E-state index contributed by atoms with van der Waals surface area (Å²) in [6.07, 6.45) is 81.4. The zero-order valence-electron chi connectivity index (χ0n) is 44.7. The average Bonchev–Trinajstić information content (AvgIpc) is 3.36. The third-order valence-corrected chi connectivity index (χ3v) is 11.1. The highest BCUT2D eigenvalue weighted by Gasteiger charge is 2.19. The first-order valence-corrected chi connectivity index (χ1v) is 27.8. The molecule has 0 radical (unpaired) electrons. The molecule has 0 aliphatic carbocycles. The smallest absolute Gasteiger partial charge is 0.306 e. The number of unbranched alkanes of at least 4 members (excludes halogenated alkanes) is 13. The van der Waals surface area contributed by atoms with Gasteiger partial charge in [-0.15, -0.1) is 0 Å². The summed E-state index contributed by atoms with van der Waals surface area (Å²) in [5.74, 6) is -0.990. The Kier molecular flexibility index (Phi) is 53.0. The lowest BCUT2D eigenvalue weighted by Crippen LogP contribution is -2.30. The number of hydrogen-bond acceptors (Lipinski definition) is 6. The molecule has 1 unspecified atom stereocenters. The van der Waals surface area contributed by atoms with E-state index >= 15 is 0 Å². The van der Waals surface area contributed by atoms with Gasteiger partial charge in [0.25, 0.3) is 0 Å². The van der Waals surface area contributed by atoms with Crippen molar-refractivity contribution >= 4 is 17.9 Å². The van der Waals surface area contributed by atoms with Gasteiger partial charge in [0, 0.05) is 19.3 Å². The van der Waals surface area contributed by atoms with Gasteiger partial charge in [-0.3, -0.25) is 14.4 Å². The molecule has 0 saturated carbocycles. The SMILES string of the molecule is CC/C=C\C/C=C\C/C=C\C/C=C\C/C=C\C/C=C\C/C=C\C/C=C\CCCCC(=O)OCC(COC(=O)CCCCCCCCCC)OC(=O)CCCCCC/C=C\C/C=C\C/C=C\C/C=C\CC. The second-order valence-electron chi connectivity index (χ2n) is 17.7. The van der Waals surface area contributed by atoms with E-state index in [1.165, 1.54) is 32.1 Å². The zero-order chi connectivity index (χ0) is 50.7. The molecule has 0 spiro atoms. The fraction of sp³-hybridized carbons (Fsp3) is 0.578. The minimum absolute atomic E-state index is 0.107. The number of carbonyl (C=O) groups excluding carboxylic acids is 3. The van der Waals surface area contributed by atoms with Crippen LogP contribution in [0.5, 0.6) is 0 Å². The van der Waals surface area contributed by atoms with Crippen molar-refractivity contribution in [1.82, 2.24) is 0 Å². The molecule has 392 valence electrons. The normalized spacial score (nSPS) is 13.2. The maximum absolute atomic E-state index is 12.8. The van der Waals surface area contributed by atoms with E-state index in [4.69, 9.17) is 14.2 Å². The van der Waals surface area contributed by atoms with Crippen LogP contribution >= 0.6 is 0 Å². The molecule has 0 N–H and O–H groups in total. The minimum Gasteiger partial charge on any atom is -0.462 e. The quantitative estimate of drug-likeness (QED) is 0.0262. The van der Waals surface area contributed by atoms with E-state index in [0.717, 1.165) is 141 Å². The predicted octanol–water partition coefficient (Wildman–Crippen LogP) is 18.8. The molecule has 6 heteroatoms. The third kappa shape index (κ3) is 54.2. The van der Waals surface area contributed by atoms with E-state index in [2.05, 4.69) is 167 Å². The number of carbonyl (C=O) groups is 3. The van der Waals surface area contributed by atoms with E-state index < -0.39 is 6.10 Å². The Morgan fingerprint density at radius 2 is 0.557 bits per heavy atom. The highest BCUT2D eigenvalue weighted by atomic mass is 16.6. The fourth-order valence-electron chi connectivity index (χ4n) is 6.98. The molecule has 70 heavy (non-hydrogen) atoms. The van der Waals surface area contributed by atoms with Gasteiger partial charge in [-0.2, -0.15) is 0 Å². The maximum Gasteiger partial charge on any atom is 0.306 e. The monoisotopic (exact) mass is 965 g/mol. The maximum atomic E-state index is 12.8. The van der Waals surface area contributed by atoms with Gasteiger partial charge in [0.2, 0.25) is 0 Å². The second kappa shape index (κ2) is 56.9. The van der Waals surface area contributed by atoms with Crippen LogP contribution in [-0.2, 0) is 28.6 Å². The lowest BCUT2D eigenvalue weighted by molar-refractivity contribution is -0.167.